The third-order valence-corrected chi connectivity index (χ3v) is 11.5. The Morgan fingerprint density at radius 1 is 0.824 bits per heavy atom. The minimum absolute atomic E-state index is 0.0441. The quantitative estimate of drug-likeness (QED) is 0.162. The predicted octanol–water partition coefficient (Wildman–Crippen LogP) is 6.64. The second-order valence-electron chi connectivity index (χ2n) is 14.0. The van der Waals surface area contributed by atoms with E-state index >= 15 is 0 Å². The number of nitrogens with zero attached hydrogens (tertiary/aromatic N) is 3. The van der Waals surface area contributed by atoms with Gasteiger partial charge < -0.3 is 14.3 Å². The number of phenols is 1. The highest BCUT2D eigenvalue weighted by Gasteiger charge is 2.68. The number of aromatic hydroxyl groups is 1. The fourth-order valence-corrected chi connectivity index (χ4v) is 9.08. The van der Waals surface area contributed by atoms with E-state index in [1.165, 1.54) is 23.0 Å². The molecule has 4 aliphatic rings. The molecule has 1 N–H and O–H groups in total. The monoisotopic (exact) mass is 679 g/mol. The minimum atomic E-state index is -1.28. The van der Waals surface area contributed by atoms with E-state index in [-0.39, 0.29) is 42.2 Å². The fourth-order valence-electron chi connectivity index (χ4n) is 9.08. The van der Waals surface area contributed by atoms with Gasteiger partial charge in [0.1, 0.15) is 17.0 Å². The van der Waals surface area contributed by atoms with Gasteiger partial charge in [-0.05, 0) is 92.4 Å². The number of hydrogen-bond acceptors (Lipinski definition) is 8. The lowest BCUT2D eigenvalue weighted by atomic mass is 9.51. The Balaban J connectivity index is 1.11. The molecule has 10 heteroatoms. The molecule has 4 amide bonds. The number of aromatic nitrogens is 1. The van der Waals surface area contributed by atoms with Crippen LogP contribution in [-0.2, 0) is 19.2 Å². The normalized spacial score (nSPS) is 27.0. The molecule has 0 radical (unpaired) electrons. The van der Waals surface area contributed by atoms with Crippen LogP contribution in [0, 0.1) is 29.1 Å². The van der Waals surface area contributed by atoms with Crippen molar-refractivity contribution < 1.29 is 33.4 Å². The summed E-state index contributed by atoms with van der Waals surface area (Å²) in [6.45, 7) is 1.79. The second-order valence-corrected chi connectivity index (χ2v) is 14.0. The molecular formula is C41H33N3O7. The Labute approximate surface area is 292 Å². The first-order valence-electron chi connectivity index (χ1n) is 17.0. The van der Waals surface area contributed by atoms with Crippen molar-refractivity contribution in [3.8, 4) is 23.0 Å². The number of allylic oxidation sites excluding steroid dienone is 2. The van der Waals surface area contributed by atoms with Gasteiger partial charge in [0.15, 0.2) is 5.58 Å². The number of oxazole rings is 1. The summed E-state index contributed by atoms with van der Waals surface area (Å²) in [5.41, 5.74) is 2.93. The number of amides is 4. The molecule has 4 aromatic carbocycles. The number of fused-ring (bicyclic) bond motifs is 5. The molecule has 0 bridgehead atoms. The van der Waals surface area contributed by atoms with Crippen molar-refractivity contribution in [3.05, 3.63) is 114 Å². The fraction of sp³-hybridized carbons (Fsp3) is 0.244. The SMILES string of the molecule is COc1ccc(O)c([C@H]2C3=CC[C@@H]4C(=O)N(c5ccc(-c6nc7ccccc7o6)cc5)C(=O)[C@@H]4[C@@H]3C[C@H]3C(=O)N(c4ccccc4)C(=O)[C@@]23C)c1. The molecule has 2 aliphatic heterocycles. The molecule has 2 saturated heterocycles. The van der Waals surface area contributed by atoms with E-state index in [0.29, 0.717) is 39.7 Å². The maximum Gasteiger partial charge on any atom is 0.241 e. The van der Waals surface area contributed by atoms with E-state index in [0.717, 1.165) is 11.1 Å². The first kappa shape index (κ1) is 31.0. The summed E-state index contributed by atoms with van der Waals surface area (Å²) in [7, 11) is 1.52. The van der Waals surface area contributed by atoms with Crippen molar-refractivity contribution in [1.82, 2.24) is 4.98 Å². The molecule has 9 rings (SSSR count). The van der Waals surface area contributed by atoms with Crippen molar-refractivity contribution in [1.29, 1.82) is 0 Å². The molecule has 254 valence electrons. The number of methoxy groups -OCH3 is 1. The zero-order valence-electron chi connectivity index (χ0n) is 27.9. The summed E-state index contributed by atoms with van der Waals surface area (Å²) >= 11 is 0. The molecular weight excluding hydrogens is 646 g/mol. The van der Waals surface area contributed by atoms with Gasteiger partial charge in [-0.25, -0.2) is 9.88 Å². The van der Waals surface area contributed by atoms with Gasteiger partial charge in [-0.2, -0.15) is 0 Å². The van der Waals surface area contributed by atoms with Gasteiger partial charge >= 0.3 is 0 Å². The lowest BCUT2D eigenvalue weighted by Crippen LogP contribution is -2.48. The van der Waals surface area contributed by atoms with Gasteiger partial charge in [0.2, 0.25) is 29.5 Å². The maximum atomic E-state index is 14.6. The van der Waals surface area contributed by atoms with Crippen molar-refractivity contribution in [2.24, 2.45) is 29.1 Å². The van der Waals surface area contributed by atoms with Gasteiger partial charge in [-0.15, -0.1) is 0 Å². The van der Waals surface area contributed by atoms with Crippen molar-refractivity contribution in [3.63, 3.8) is 0 Å². The topological polar surface area (TPSA) is 130 Å². The number of benzene rings is 4. The Bertz CT molecular complexity index is 2280. The van der Waals surface area contributed by atoms with Crippen LogP contribution in [0.15, 0.2) is 113 Å². The van der Waals surface area contributed by atoms with Crippen LogP contribution in [0.4, 0.5) is 11.4 Å². The van der Waals surface area contributed by atoms with Crippen LogP contribution < -0.4 is 14.5 Å². The summed E-state index contributed by atoms with van der Waals surface area (Å²) < 4.78 is 11.4. The number of hydrogen-bond donors (Lipinski definition) is 1. The minimum Gasteiger partial charge on any atom is -0.508 e. The van der Waals surface area contributed by atoms with Crippen LogP contribution in [0.2, 0.25) is 0 Å². The molecule has 2 aliphatic carbocycles. The highest BCUT2D eigenvalue weighted by Crippen LogP contribution is 2.64. The van der Waals surface area contributed by atoms with Gasteiger partial charge in [0.25, 0.3) is 0 Å². The average molecular weight is 680 g/mol. The largest absolute Gasteiger partial charge is 0.508 e. The third-order valence-electron chi connectivity index (χ3n) is 11.5. The highest BCUT2D eigenvalue weighted by atomic mass is 16.5. The summed E-state index contributed by atoms with van der Waals surface area (Å²) in [6.07, 6.45) is 2.46. The highest BCUT2D eigenvalue weighted by molar-refractivity contribution is 6.25. The standard InChI is InChI=1S/C41H33N3O7/c1-41-30(38(47)44(40(41)49)23-8-4-3-5-9-23)21-28-26(35(41)29-20-25(50-2)16-19-32(29)45)17-18-27-34(28)39(48)43(37(27)46)24-14-12-22(13-15-24)36-42-31-10-6-7-11-33(31)51-36/h3-17,19-20,27-28,30,34-35,45H,18,21H2,1-2H3/t27-,28+,30-,34-,35+,41+/m0/s1. The van der Waals surface area contributed by atoms with E-state index in [1.54, 1.807) is 67.6 Å². The Hall–Kier alpha value is -6.03. The van der Waals surface area contributed by atoms with Crippen LogP contribution in [-0.4, -0.2) is 40.8 Å². The second kappa shape index (κ2) is 11.2. The number of para-hydroxylation sites is 3. The van der Waals surface area contributed by atoms with E-state index in [4.69, 9.17) is 9.15 Å². The van der Waals surface area contributed by atoms with Crippen LogP contribution in [0.5, 0.6) is 11.5 Å². The van der Waals surface area contributed by atoms with E-state index in [2.05, 4.69) is 4.98 Å². The third kappa shape index (κ3) is 4.38. The Morgan fingerprint density at radius 2 is 1.55 bits per heavy atom. The van der Waals surface area contributed by atoms with Crippen LogP contribution in [0.3, 0.4) is 0 Å². The summed E-state index contributed by atoms with van der Waals surface area (Å²) in [5, 5.41) is 11.3. The van der Waals surface area contributed by atoms with Crippen LogP contribution in [0.1, 0.15) is 31.2 Å². The molecule has 0 unspecified atom stereocenters. The molecule has 3 fully saturated rings. The average Bonchev–Trinajstić information content (AvgIpc) is 3.76. The van der Waals surface area contributed by atoms with Gasteiger partial charge in [-0.1, -0.05) is 42.0 Å². The number of phenolic OH excluding ortho intramolecular Hbond substituents is 1. The van der Waals surface area contributed by atoms with Crippen LogP contribution in [0.25, 0.3) is 22.6 Å². The summed E-state index contributed by atoms with van der Waals surface area (Å²) in [4.78, 5) is 64.6. The summed E-state index contributed by atoms with van der Waals surface area (Å²) in [5.74, 6) is -3.97. The van der Waals surface area contributed by atoms with Crippen molar-refractivity contribution in [2.45, 2.75) is 25.7 Å². The first-order valence-corrected chi connectivity index (χ1v) is 17.0. The number of carbonyl (C=O) groups excluding carboxylic acids is 4. The Kier molecular flexibility index (Phi) is 6.83. The molecule has 3 heterocycles. The van der Waals surface area contributed by atoms with E-state index < -0.39 is 35.0 Å². The van der Waals surface area contributed by atoms with E-state index in [9.17, 15) is 24.3 Å². The summed E-state index contributed by atoms with van der Waals surface area (Å²) in [6, 6.07) is 28.1. The van der Waals surface area contributed by atoms with Crippen molar-refractivity contribution in [2.75, 3.05) is 16.9 Å². The predicted molar refractivity (Wildman–Crippen MR) is 188 cm³/mol. The molecule has 5 aromatic rings. The lowest BCUT2D eigenvalue weighted by Gasteiger charge is -2.49. The molecule has 51 heavy (non-hydrogen) atoms. The molecule has 0 spiro atoms. The number of imide groups is 2. The Morgan fingerprint density at radius 3 is 2.29 bits per heavy atom. The first-order chi connectivity index (χ1) is 24.7. The van der Waals surface area contributed by atoms with E-state index in [1.807, 2.05) is 36.4 Å². The maximum absolute atomic E-state index is 14.6. The van der Waals surface area contributed by atoms with Gasteiger partial charge in [0.05, 0.1) is 41.7 Å². The smallest absolute Gasteiger partial charge is 0.241 e. The molecule has 6 atom stereocenters. The number of anilines is 2. The number of rotatable bonds is 5. The molecule has 1 aromatic heterocycles. The molecule has 1 saturated carbocycles. The molecule has 10 nitrogen and oxygen atoms in total. The zero-order chi connectivity index (χ0) is 35.2. The van der Waals surface area contributed by atoms with Crippen molar-refractivity contribution >= 4 is 46.1 Å². The number of carbonyl (C=O) groups is 4. The lowest BCUT2D eigenvalue weighted by molar-refractivity contribution is -0.131. The zero-order valence-corrected chi connectivity index (χ0v) is 27.9. The van der Waals surface area contributed by atoms with Gasteiger partial charge in [0, 0.05) is 17.0 Å². The number of ether oxygens (including phenoxy) is 1. The van der Waals surface area contributed by atoms with Crippen LogP contribution >= 0.6 is 0 Å². The van der Waals surface area contributed by atoms with Gasteiger partial charge in [-0.3, -0.25) is 24.1 Å².